The Kier molecular flexibility index (Phi) is 5.65. The molecule has 0 fully saturated rings. The largest absolute Gasteiger partial charge is 0.350 e. The first-order valence-electron chi connectivity index (χ1n) is 8.08. The molecule has 0 aliphatic rings. The Morgan fingerprint density at radius 2 is 1.67 bits per heavy atom. The maximum Gasteiger partial charge on any atom is 0.270 e. The maximum atomic E-state index is 13.7. The number of carbonyl (C=O) groups is 1. The van der Waals surface area contributed by atoms with Gasteiger partial charge in [0.15, 0.2) is 0 Å². The van der Waals surface area contributed by atoms with Crippen molar-refractivity contribution in [1.29, 1.82) is 0 Å². The Balaban J connectivity index is 1.60. The van der Waals surface area contributed by atoms with Crippen LogP contribution in [0.4, 0.5) is 24.7 Å². The van der Waals surface area contributed by atoms with E-state index in [9.17, 15) is 18.0 Å². The topological polar surface area (TPSA) is 66.9 Å². The van der Waals surface area contributed by atoms with Crippen molar-refractivity contribution in [2.24, 2.45) is 0 Å². The van der Waals surface area contributed by atoms with Gasteiger partial charge >= 0.3 is 0 Å². The van der Waals surface area contributed by atoms with Crippen molar-refractivity contribution in [3.63, 3.8) is 0 Å². The normalized spacial score (nSPS) is 10.5. The molecule has 2 N–H and O–H groups in total. The van der Waals surface area contributed by atoms with Gasteiger partial charge < -0.3 is 10.6 Å². The number of halogens is 3. The minimum Gasteiger partial charge on any atom is -0.350 e. The highest BCUT2D eigenvalue weighted by molar-refractivity contribution is 5.92. The van der Waals surface area contributed by atoms with E-state index in [1.54, 1.807) is 12.1 Å². The van der Waals surface area contributed by atoms with Gasteiger partial charge in [-0.15, -0.1) is 0 Å². The summed E-state index contributed by atoms with van der Waals surface area (Å²) in [5.41, 5.74) is 1.00. The standard InChI is InChI=1S/C19H15F3N4O/c20-13-3-1-12(2-4-13)7-8-23-19(27)17-10-18(25-11-24-17)26-16-6-5-14(21)9-15(16)22/h1-6,9-11H,7-8H2,(H,23,27)(H,24,25,26). The SMILES string of the molecule is O=C(NCCc1ccc(F)cc1)c1cc(Nc2ccc(F)cc2F)ncn1. The second-order valence-corrected chi connectivity index (χ2v) is 5.67. The number of nitrogens with one attached hydrogen (secondary N) is 2. The van der Waals surface area contributed by atoms with Crippen molar-refractivity contribution < 1.29 is 18.0 Å². The number of amides is 1. The molecule has 0 bridgehead atoms. The summed E-state index contributed by atoms with van der Waals surface area (Å²) in [6.45, 7) is 0.337. The lowest BCUT2D eigenvalue weighted by molar-refractivity contribution is 0.0949. The van der Waals surface area contributed by atoms with Crippen LogP contribution < -0.4 is 10.6 Å². The molecule has 0 aliphatic heterocycles. The molecule has 5 nitrogen and oxygen atoms in total. The molecule has 1 amide bonds. The highest BCUT2D eigenvalue weighted by Crippen LogP contribution is 2.19. The molecule has 3 aromatic rings. The van der Waals surface area contributed by atoms with Crippen molar-refractivity contribution in [2.75, 3.05) is 11.9 Å². The van der Waals surface area contributed by atoms with Crippen molar-refractivity contribution in [3.8, 4) is 0 Å². The summed E-state index contributed by atoms with van der Waals surface area (Å²) in [7, 11) is 0. The summed E-state index contributed by atoms with van der Waals surface area (Å²) in [6.07, 6.45) is 1.70. The van der Waals surface area contributed by atoms with Crippen LogP contribution in [0.3, 0.4) is 0 Å². The Hall–Kier alpha value is -3.42. The summed E-state index contributed by atoms with van der Waals surface area (Å²) in [6, 6.07) is 10.4. The number of hydrogen-bond donors (Lipinski definition) is 2. The smallest absolute Gasteiger partial charge is 0.270 e. The van der Waals surface area contributed by atoms with E-state index in [1.807, 2.05) is 0 Å². The van der Waals surface area contributed by atoms with E-state index < -0.39 is 17.5 Å². The van der Waals surface area contributed by atoms with Crippen LogP contribution in [0.5, 0.6) is 0 Å². The Morgan fingerprint density at radius 1 is 0.926 bits per heavy atom. The van der Waals surface area contributed by atoms with Crippen LogP contribution in [0.1, 0.15) is 16.1 Å². The number of anilines is 2. The lowest BCUT2D eigenvalue weighted by atomic mass is 10.1. The highest BCUT2D eigenvalue weighted by atomic mass is 19.1. The molecule has 27 heavy (non-hydrogen) atoms. The van der Waals surface area contributed by atoms with E-state index in [0.29, 0.717) is 13.0 Å². The molecule has 3 rings (SSSR count). The first kappa shape index (κ1) is 18.4. The predicted octanol–water partition coefficient (Wildman–Crippen LogP) is 3.61. The zero-order chi connectivity index (χ0) is 19.2. The molecule has 0 spiro atoms. The summed E-state index contributed by atoms with van der Waals surface area (Å²) in [5, 5.41) is 5.37. The molecule has 0 saturated heterocycles. The van der Waals surface area contributed by atoms with Crippen LogP contribution >= 0.6 is 0 Å². The Labute approximate surface area is 153 Å². The van der Waals surface area contributed by atoms with Crippen molar-refractivity contribution in [2.45, 2.75) is 6.42 Å². The second-order valence-electron chi connectivity index (χ2n) is 5.67. The summed E-state index contributed by atoms with van der Waals surface area (Å²) < 4.78 is 39.5. The minimum absolute atomic E-state index is 0.0257. The van der Waals surface area contributed by atoms with Gasteiger partial charge in [-0.3, -0.25) is 4.79 Å². The molecule has 0 radical (unpaired) electrons. The first-order valence-corrected chi connectivity index (χ1v) is 8.08. The Bertz CT molecular complexity index is 948. The van der Waals surface area contributed by atoms with Gasteiger partial charge in [0.05, 0.1) is 5.69 Å². The third-order valence-corrected chi connectivity index (χ3v) is 3.71. The van der Waals surface area contributed by atoms with Gasteiger partial charge in [0.1, 0.15) is 35.3 Å². The lowest BCUT2D eigenvalue weighted by Crippen LogP contribution is -2.26. The van der Waals surface area contributed by atoms with Gasteiger partial charge in [-0.2, -0.15) is 0 Å². The molecule has 2 aromatic carbocycles. The van der Waals surface area contributed by atoms with Gasteiger partial charge in [-0.25, -0.2) is 23.1 Å². The van der Waals surface area contributed by atoms with Gasteiger partial charge in [0.25, 0.3) is 5.91 Å². The molecule has 1 heterocycles. The van der Waals surface area contributed by atoms with Crippen LogP contribution in [-0.2, 0) is 6.42 Å². The number of carbonyl (C=O) groups excluding carboxylic acids is 1. The fraction of sp³-hybridized carbons (Fsp3) is 0.105. The minimum atomic E-state index is -0.779. The third kappa shape index (κ3) is 5.04. The quantitative estimate of drug-likeness (QED) is 0.694. The summed E-state index contributed by atoms with van der Waals surface area (Å²) in [4.78, 5) is 20.0. The lowest BCUT2D eigenvalue weighted by Gasteiger charge is -2.08. The molecule has 0 unspecified atom stereocenters. The third-order valence-electron chi connectivity index (χ3n) is 3.71. The van der Waals surface area contributed by atoms with Crippen LogP contribution in [0.15, 0.2) is 54.9 Å². The van der Waals surface area contributed by atoms with Crippen LogP contribution in [0, 0.1) is 17.5 Å². The zero-order valence-electron chi connectivity index (χ0n) is 14.0. The van der Waals surface area contributed by atoms with E-state index >= 15 is 0 Å². The van der Waals surface area contributed by atoms with Gasteiger partial charge in [0, 0.05) is 18.7 Å². The fourth-order valence-corrected chi connectivity index (χ4v) is 2.34. The molecule has 1 aromatic heterocycles. The van der Waals surface area contributed by atoms with Crippen molar-refractivity contribution >= 4 is 17.4 Å². The van der Waals surface area contributed by atoms with Crippen molar-refractivity contribution in [3.05, 3.63) is 83.6 Å². The molecule has 138 valence electrons. The average Bonchev–Trinajstić information content (AvgIpc) is 2.66. The maximum absolute atomic E-state index is 13.7. The van der Waals surface area contributed by atoms with E-state index in [1.165, 1.54) is 30.6 Å². The monoisotopic (exact) mass is 372 g/mol. The van der Waals surface area contributed by atoms with E-state index in [2.05, 4.69) is 20.6 Å². The predicted molar refractivity (Wildman–Crippen MR) is 94.1 cm³/mol. The summed E-state index contributed by atoms with van der Waals surface area (Å²) >= 11 is 0. The average molecular weight is 372 g/mol. The zero-order valence-corrected chi connectivity index (χ0v) is 14.0. The number of rotatable bonds is 6. The molecule has 0 atom stereocenters. The van der Waals surface area contributed by atoms with Crippen LogP contribution in [0.25, 0.3) is 0 Å². The van der Waals surface area contributed by atoms with E-state index in [-0.39, 0.29) is 23.0 Å². The van der Waals surface area contributed by atoms with E-state index in [4.69, 9.17) is 0 Å². The molecule has 8 heteroatoms. The van der Waals surface area contributed by atoms with E-state index in [0.717, 1.165) is 17.7 Å². The van der Waals surface area contributed by atoms with Gasteiger partial charge in [0.2, 0.25) is 0 Å². The number of nitrogens with zero attached hydrogens (tertiary/aromatic N) is 2. The van der Waals surface area contributed by atoms with Gasteiger partial charge in [-0.05, 0) is 36.2 Å². The van der Waals surface area contributed by atoms with Crippen molar-refractivity contribution in [1.82, 2.24) is 15.3 Å². The molecular weight excluding hydrogens is 357 g/mol. The first-order chi connectivity index (χ1) is 13.0. The molecule has 0 aliphatic carbocycles. The summed E-state index contributed by atoms with van der Waals surface area (Å²) in [5.74, 6) is -2.02. The fourth-order valence-electron chi connectivity index (χ4n) is 2.34. The highest BCUT2D eigenvalue weighted by Gasteiger charge is 2.10. The number of hydrogen-bond acceptors (Lipinski definition) is 4. The van der Waals surface area contributed by atoms with Crippen LogP contribution in [0.2, 0.25) is 0 Å². The van der Waals surface area contributed by atoms with Gasteiger partial charge in [-0.1, -0.05) is 12.1 Å². The second kappa shape index (κ2) is 8.31. The molecular formula is C19H15F3N4O. The number of aromatic nitrogens is 2. The molecule has 0 saturated carbocycles. The van der Waals surface area contributed by atoms with Crippen LogP contribution in [-0.4, -0.2) is 22.4 Å². The number of benzene rings is 2. The Morgan fingerprint density at radius 3 is 2.41 bits per heavy atom.